The molecule has 0 saturated carbocycles. The Morgan fingerprint density at radius 2 is 2.15 bits per heavy atom. The summed E-state index contributed by atoms with van der Waals surface area (Å²) in [4.78, 5) is 14.7. The quantitative estimate of drug-likeness (QED) is 0.831. The molecular weight excluding hydrogens is 280 g/mol. The van der Waals surface area contributed by atoms with Gasteiger partial charge in [0.25, 0.3) is 0 Å². The van der Waals surface area contributed by atoms with Crippen molar-refractivity contribution in [3.63, 3.8) is 0 Å². The third-order valence-electron chi connectivity index (χ3n) is 3.21. The third-order valence-corrected chi connectivity index (χ3v) is 3.38. The molecule has 2 rings (SSSR count). The summed E-state index contributed by atoms with van der Waals surface area (Å²) in [5.74, 6) is 0.568. The van der Waals surface area contributed by atoms with Gasteiger partial charge in [-0.05, 0) is 31.4 Å². The minimum Gasteiger partial charge on any atom is -0.463 e. The second-order valence-electron chi connectivity index (χ2n) is 4.89. The molecule has 2 heterocycles. The zero-order valence-electron chi connectivity index (χ0n) is 12.2. The zero-order valence-corrected chi connectivity index (χ0v) is 12.9. The summed E-state index contributed by atoms with van der Waals surface area (Å²) in [5, 5.41) is 0.162. The van der Waals surface area contributed by atoms with E-state index < -0.39 is 0 Å². The minimum absolute atomic E-state index is 0.147. The van der Waals surface area contributed by atoms with Crippen LogP contribution in [0.25, 0.3) is 0 Å². The van der Waals surface area contributed by atoms with Crippen LogP contribution >= 0.6 is 11.6 Å². The molecule has 1 aromatic rings. The molecule has 2 unspecified atom stereocenters. The van der Waals surface area contributed by atoms with Gasteiger partial charge in [-0.15, -0.1) is 0 Å². The van der Waals surface area contributed by atoms with Gasteiger partial charge in [0, 0.05) is 6.54 Å². The zero-order chi connectivity index (χ0) is 14.5. The fourth-order valence-electron chi connectivity index (χ4n) is 2.14. The molecule has 0 aromatic carbocycles. The highest BCUT2D eigenvalue weighted by atomic mass is 35.5. The van der Waals surface area contributed by atoms with Gasteiger partial charge in [0.1, 0.15) is 0 Å². The first-order valence-electron chi connectivity index (χ1n) is 7.06. The molecule has 2 atom stereocenters. The number of nitrogens with zero attached hydrogens (tertiary/aromatic N) is 4. The lowest BCUT2D eigenvalue weighted by Crippen LogP contribution is -2.49. The lowest BCUT2D eigenvalue weighted by molar-refractivity contribution is 0.0291. The Balaban J connectivity index is 2.22. The molecular formula is C13H21ClN4O2. The molecule has 0 aliphatic carbocycles. The van der Waals surface area contributed by atoms with Crippen LogP contribution < -0.4 is 9.64 Å². The first-order valence-corrected chi connectivity index (χ1v) is 7.44. The van der Waals surface area contributed by atoms with Crippen molar-refractivity contribution in [2.45, 2.75) is 45.8 Å². The summed E-state index contributed by atoms with van der Waals surface area (Å²) in [6, 6.07) is 0.541. The number of aromatic nitrogens is 3. The molecule has 1 aliphatic heterocycles. The molecule has 1 aromatic heterocycles. The smallest absolute Gasteiger partial charge is 0.322 e. The van der Waals surface area contributed by atoms with E-state index in [0.29, 0.717) is 19.2 Å². The van der Waals surface area contributed by atoms with Gasteiger partial charge in [0.2, 0.25) is 11.2 Å². The maximum absolute atomic E-state index is 5.98. The van der Waals surface area contributed by atoms with E-state index in [2.05, 4.69) is 26.8 Å². The van der Waals surface area contributed by atoms with Crippen molar-refractivity contribution in [1.82, 2.24) is 15.0 Å². The third kappa shape index (κ3) is 3.70. The Morgan fingerprint density at radius 3 is 2.85 bits per heavy atom. The Labute approximate surface area is 124 Å². The number of anilines is 1. The average molecular weight is 301 g/mol. The van der Waals surface area contributed by atoms with Crippen LogP contribution in [0.3, 0.4) is 0 Å². The van der Waals surface area contributed by atoms with Gasteiger partial charge < -0.3 is 14.4 Å². The van der Waals surface area contributed by atoms with E-state index in [1.807, 2.05) is 13.8 Å². The van der Waals surface area contributed by atoms with Crippen molar-refractivity contribution in [3.05, 3.63) is 5.28 Å². The highest BCUT2D eigenvalue weighted by molar-refractivity contribution is 6.28. The number of hydrogen-bond acceptors (Lipinski definition) is 6. The molecule has 1 saturated heterocycles. The Hall–Kier alpha value is -1.14. The Kier molecular flexibility index (Phi) is 5.37. The van der Waals surface area contributed by atoms with Crippen LogP contribution in [-0.4, -0.2) is 46.9 Å². The van der Waals surface area contributed by atoms with Gasteiger partial charge in [-0.2, -0.15) is 15.0 Å². The highest BCUT2D eigenvalue weighted by Gasteiger charge is 2.28. The lowest BCUT2D eigenvalue weighted by Gasteiger charge is -2.38. The number of ether oxygens (including phenoxy) is 2. The van der Waals surface area contributed by atoms with Crippen LogP contribution in [0, 0.1) is 0 Å². The maximum Gasteiger partial charge on any atom is 0.322 e. The van der Waals surface area contributed by atoms with Crippen LogP contribution in [0.2, 0.25) is 5.28 Å². The van der Waals surface area contributed by atoms with Gasteiger partial charge in [-0.3, -0.25) is 0 Å². The fraction of sp³-hybridized carbons (Fsp3) is 0.769. The molecule has 0 radical (unpaired) electrons. The fourth-order valence-corrected chi connectivity index (χ4v) is 2.28. The SMILES string of the molecule is CCCOc1nc(Cl)nc(N2CC(C)OCC2CC)n1. The van der Waals surface area contributed by atoms with E-state index in [4.69, 9.17) is 21.1 Å². The molecule has 20 heavy (non-hydrogen) atoms. The highest BCUT2D eigenvalue weighted by Crippen LogP contribution is 2.22. The predicted octanol–water partition coefficient (Wildman–Crippen LogP) is 2.32. The van der Waals surface area contributed by atoms with E-state index >= 15 is 0 Å². The van der Waals surface area contributed by atoms with Crippen LogP contribution in [0.15, 0.2) is 0 Å². The van der Waals surface area contributed by atoms with Crippen LogP contribution in [0.4, 0.5) is 5.95 Å². The average Bonchev–Trinajstić information content (AvgIpc) is 2.44. The first kappa shape index (κ1) is 15.3. The summed E-state index contributed by atoms with van der Waals surface area (Å²) in [7, 11) is 0. The van der Waals surface area contributed by atoms with Crippen molar-refractivity contribution in [3.8, 4) is 6.01 Å². The van der Waals surface area contributed by atoms with Gasteiger partial charge in [-0.25, -0.2) is 0 Å². The number of hydrogen-bond donors (Lipinski definition) is 0. The van der Waals surface area contributed by atoms with E-state index in [1.54, 1.807) is 0 Å². The Bertz CT molecular complexity index is 446. The number of rotatable bonds is 5. The predicted molar refractivity (Wildman–Crippen MR) is 77.5 cm³/mol. The number of morpholine rings is 1. The molecule has 0 bridgehead atoms. The van der Waals surface area contributed by atoms with E-state index in [-0.39, 0.29) is 23.4 Å². The minimum atomic E-state index is 0.147. The maximum atomic E-state index is 5.98. The molecule has 0 spiro atoms. The standard InChI is InChI=1S/C13H21ClN4O2/c1-4-6-19-13-16-11(14)15-12(17-13)18-7-9(3)20-8-10(18)5-2/h9-10H,4-8H2,1-3H3. The largest absolute Gasteiger partial charge is 0.463 e. The summed E-state index contributed by atoms with van der Waals surface area (Å²) in [6.07, 6.45) is 2.00. The molecule has 1 aliphatic rings. The number of halogens is 1. The lowest BCUT2D eigenvalue weighted by atomic mass is 10.1. The van der Waals surface area contributed by atoms with Crippen molar-refractivity contribution in [2.75, 3.05) is 24.7 Å². The van der Waals surface area contributed by atoms with Crippen molar-refractivity contribution >= 4 is 17.5 Å². The van der Waals surface area contributed by atoms with E-state index in [0.717, 1.165) is 19.4 Å². The Morgan fingerprint density at radius 1 is 1.35 bits per heavy atom. The summed E-state index contributed by atoms with van der Waals surface area (Å²) >= 11 is 5.98. The second-order valence-corrected chi connectivity index (χ2v) is 5.23. The van der Waals surface area contributed by atoms with Crippen LogP contribution in [0.1, 0.15) is 33.6 Å². The molecule has 0 amide bonds. The monoisotopic (exact) mass is 300 g/mol. The normalized spacial score (nSPS) is 22.9. The molecule has 6 nitrogen and oxygen atoms in total. The van der Waals surface area contributed by atoms with E-state index in [9.17, 15) is 0 Å². The van der Waals surface area contributed by atoms with Crippen molar-refractivity contribution < 1.29 is 9.47 Å². The topological polar surface area (TPSA) is 60.4 Å². The summed E-state index contributed by atoms with van der Waals surface area (Å²) in [6.45, 7) is 8.17. The van der Waals surface area contributed by atoms with Gasteiger partial charge in [-0.1, -0.05) is 13.8 Å². The van der Waals surface area contributed by atoms with E-state index in [1.165, 1.54) is 0 Å². The van der Waals surface area contributed by atoms with Crippen LogP contribution in [-0.2, 0) is 4.74 Å². The van der Waals surface area contributed by atoms with Crippen molar-refractivity contribution in [2.24, 2.45) is 0 Å². The first-order chi connectivity index (χ1) is 9.63. The van der Waals surface area contributed by atoms with Crippen LogP contribution in [0.5, 0.6) is 6.01 Å². The molecule has 7 heteroatoms. The van der Waals surface area contributed by atoms with Crippen molar-refractivity contribution in [1.29, 1.82) is 0 Å². The van der Waals surface area contributed by atoms with Gasteiger partial charge in [0.05, 0.1) is 25.4 Å². The second kappa shape index (κ2) is 7.04. The molecule has 0 N–H and O–H groups in total. The molecule has 1 fully saturated rings. The van der Waals surface area contributed by atoms with Gasteiger partial charge >= 0.3 is 6.01 Å². The summed E-state index contributed by atoms with van der Waals surface area (Å²) < 4.78 is 11.1. The molecule has 112 valence electrons. The van der Waals surface area contributed by atoms with Gasteiger partial charge in [0.15, 0.2) is 0 Å². The summed E-state index contributed by atoms with van der Waals surface area (Å²) in [5.41, 5.74) is 0.